The van der Waals surface area contributed by atoms with E-state index in [0.717, 1.165) is 11.5 Å². The van der Waals surface area contributed by atoms with E-state index in [1.807, 2.05) is 0 Å². The molecule has 2 aromatic rings. The minimum atomic E-state index is -0.333. The molecule has 0 unspecified atom stereocenters. The number of furan rings is 1. The molecule has 0 aliphatic rings. The van der Waals surface area contributed by atoms with Crippen LogP contribution in [0.4, 0.5) is 5.00 Å². The van der Waals surface area contributed by atoms with E-state index in [0.29, 0.717) is 10.8 Å². The molecule has 0 aromatic carbocycles. The summed E-state index contributed by atoms with van der Waals surface area (Å²) in [5.41, 5.74) is 5.36. The summed E-state index contributed by atoms with van der Waals surface area (Å²) in [6.07, 6.45) is 1.47. The van der Waals surface area contributed by atoms with Crippen LogP contribution in [0.5, 0.6) is 0 Å². The van der Waals surface area contributed by atoms with Crippen LogP contribution in [0.25, 0.3) is 0 Å². The molecule has 2 rings (SSSR count). The van der Waals surface area contributed by atoms with Gasteiger partial charge in [0.25, 0.3) is 5.91 Å². The topological polar surface area (TPSA) is 94.0 Å². The third-order valence-corrected chi connectivity index (χ3v) is 2.26. The lowest BCUT2D eigenvalue weighted by molar-refractivity contribution is 0.0995. The van der Waals surface area contributed by atoms with Crippen molar-refractivity contribution in [3.63, 3.8) is 0 Å². The maximum absolute atomic E-state index is 11.5. The maximum Gasteiger partial charge on any atom is 0.292 e. The molecular formula is C8H8N4O2S. The molecule has 2 aromatic heterocycles. The highest BCUT2D eigenvalue weighted by molar-refractivity contribution is 7.10. The number of carbonyl (C=O) groups is 1. The molecule has 0 spiro atoms. The summed E-state index contributed by atoms with van der Waals surface area (Å²) in [5.74, 6) is 0.465. The Bertz CT molecular complexity index is 451. The molecule has 0 bridgehead atoms. The predicted molar refractivity (Wildman–Crippen MR) is 54.5 cm³/mol. The minimum absolute atomic E-state index is 0.226. The number of hydrogen-bond donors (Lipinski definition) is 2. The van der Waals surface area contributed by atoms with E-state index >= 15 is 0 Å². The van der Waals surface area contributed by atoms with Crippen molar-refractivity contribution in [3.8, 4) is 0 Å². The van der Waals surface area contributed by atoms with E-state index < -0.39 is 0 Å². The fourth-order valence-electron chi connectivity index (χ4n) is 1.01. The lowest BCUT2D eigenvalue weighted by Crippen LogP contribution is -2.09. The molecule has 7 heteroatoms. The Morgan fingerprint density at radius 2 is 2.47 bits per heavy atom. The summed E-state index contributed by atoms with van der Waals surface area (Å²) in [7, 11) is 0. The molecule has 1 amide bonds. The number of carbonyl (C=O) groups excluding carboxylic acids is 1. The molecule has 0 saturated heterocycles. The maximum atomic E-state index is 11.5. The molecule has 0 saturated carbocycles. The van der Waals surface area contributed by atoms with Gasteiger partial charge in [0.05, 0.1) is 12.7 Å². The van der Waals surface area contributed by atoms with Crippen molar-refractivity contribution in [2.45, 2.75) is 6.54 Å². The molecule has 0 fully saturated rings. The van der Waals surface area contributed by atoms with Gasteiger partial charge in [-0.25, -0.2) is 0 Å². The second kappa shape index (κ2) is 4.20. The average molecular weight is 224 g/mol. The highest BCUT2D eigenvalue weighted by atomic mass is 32.1. The fourth-order valence-corrected chi connectivity index (χ4v) is 1.42. The lowest BCUT2D eigenvalue weighted by Gasteiger charge is -1.96. The number of nitrogens with two attached hydrogens (primary N) is 1. The Balaban J connectivity index is 2.08. The van der Waals surface area contributed by atoms with Gasteiger partial charge in [-0.2, -0.15) is 0 Å². The SMILES string of the molecule is NCc1ccc(C(=O)Nc2cnns2)o1. The standard InChI is InChI=1S/C8H8N4O2S/c9-3-5-1-2-6(14-5)8(13)11-7-4-10-12-15-7/h1-2,4H,3,9H2,(H,11,13). The van der Waals surface area contributed by atoms with Crippen molar-refractivity contribution >= 4 is 22.4 Å². The van der Waals surface area contributed by atoms with Gasteiger partial charge in [-0.1, -0.05) is 4.49 Å². The largest absolute Gasteiger partial charge is 0.455 e. The van der Waals surface area contributed by atoms with Crippen LogP contribution >= 0.6 is 11.5 Å². The van der Waals surface area contributed by atoms with Crippen molar-refractivity contribution < 1.29 is 9.21 Å². The molecule has 15 heavy (non-hydrogen) atoms. The van der Waals surface area contributed by atoms with Gasteiger partial charge in [-0.05, 0) is 12.1 Å². The first-order chi connectivity index (χ1) is 7.29. The highest BCUT2D eigenvalue weighted by Crippen LogP contribution is 2.13. The Morgan fingerprint density at radius 1 is 1.60 bits per heavy atom. The second-order valence-electron chi connectivity index (χ2n) is 2.71. The zero-order valence-electron chi connectivity index (χ0n) is 7.64. The number of amides is 1. The van der Waals surface area contributed by atoms with E-state index in [-0.39, 0.29) is 18.2 Å². The molecule has 0 aliphatic carbocycles. The molecule has 2 heterocycles. The lowest BCUT2D eigenvalue weighted by atomic mass is 10.4. The Labute approximate surface area is 89.3 Å². The van der Waals surface area contributed by atoms with Crippen molar-refractivity contribution in [2.24, 2.45) is 5.73 Å². The van der Waals surface area contributed by atoms with Crippen LogP contribution in [0.1, 0.15) is 16.3 Å². The third-order valence-electron chi connectivity index (χ3n) is 1.68. The molecule has 0 atom stereocenters. The number of nitrogens with zero attached hydrogens (tertiary/aromatic N) is 2. The third kappa shape index (κ3) is 2.20. The van der Waals surface area contributed by atoms with Gasteiger partial charge in [0.1, 0.15) is 10.8 Å². The first kappa shape index (κ1) is 9.81. The monoisotopic (exact) mass is 224 g/mol. The summed E-state index contributed by atoms with van der Waals surface area (Å²) in [4.78, 5) is 11.5. The van der Waals surface area contributed by atoms with E-state index in [9.17, 15) is 4.79 Å². The number of hydrogen-bond acceptors (Lipinski definition) is 6. The van der Waals surface area contributed by atoms with Crippen LogP contribution < -0.4 is 11.1 Å². The van der Waals surface area contributed by atoms with Crippen molar-refractivity contribution in [2.75, 3.05) is 5.32 Å². The minimum Gasteiger partial charge on any atom is -0.455 e. The van der Waals surface area contributed by atoms with Gasteiger partial charge in [-0.15, -0.1) is 5.10 Å². The number of aromatic nitrogens is 2. The normalized spacial score (nSPS) is 10.2. The molecule has 0 radical (unpaired) electrons. The predicted octanol–water partition coefficient (Wildman–Crippen LogP) is 0.842. The van der Waals surface area contributed by atoms with Crippen molar-refractivity contribution in [3.05, 3.63) is 29.9 Å². The van der Waals surface area contributed by atoms with Crippen molar-refractivity contribution in [1.29, 1.82) is 0 Å². The highest BCUT2D eigenvalue weighted by Gasteiger charge is 2.11. The van der Waals surface area contributed by atoms with Gasteiger partial charge >= 0.3 is 0 Å². The Kier molecular flexibility index (Phi) is 2.75. The summed E-state index contributed by atoms with van der Waals surface area (Å²) < 4.78 is 8.79. The smallest absolute Gasteiger partial charge is 0.292 e. The zero-order valence-corrected chi connectivity index (χ0v) is 8.45. The van der Waals surface area contributed by atoms with Gasteiger partial charge < -0.3 is 15.5 Å². The summed E-state index contributed by atoms with van der Waals surface area (Å²) >= 11 is 1.10. The van der Waals surface area contributed by atoms with Crippen LogP contribution in [-0.4, -0.2) is 15.5 Å². The fraction of sp³-hybridized carbons (Fsp3) is 0.125. The van der Waals surface area contributed by atoms with Crippen LogP contribution in [0.15, 0.2) is 22.7 Å². The first-order valence-electron chi connectivity index (χ1n) is 4.17. The second-order valence-corrected chi connectivity index (χ2v) is 3.49. The molecule has 3 N–H and O–H groups in total. The molecule has 78 valence electrons. The number of rotatable bonds is 3. The molecule has 6 nitrogen and oxygen atoms in total. The van der Waals surface area contributed by atoms with Crippen molar-refractivity contribution in [1.82, 2.24) is 9.59 Å². The van der Waals surface area contributed by atoms with Crippen LogP contribution in [0, 0.1) is 0 Å². The zero-order chi connectivity index (χ0) is 10.7. The summed E-state index contributed by atoms with van der Waals surface area (Å²) in [6, 6.07) is 3.24. The van der Waals surface area contributed by atoms with Crippen LogP contribution in [0.2, 0.25) is 0 Å². The average Bonchev–Trinajstić information content (AvgIpc) is 2.86. The molecule has 0 aliphatic heterocycles. The van der Waals surface area contributed by atoms with E-state index in [1.54, 1.807) is 12.1 Å². The van der Waals surface area contributed by atoms with Crippen LogP contribution in [-0.2, 0) is 6.54 Å². The summed E-state index contributed by atoms with van der Waals surface area (Å²) in [6.45, 7) is 0.273. The van der Waals surface area contributed by atoms with E-state index in [4.69, 9.17) is 10.2 Å². The first-order valence-corrected chi connectivity index (χ1v) is 4.94. The Hall–Kier alpha value is -1.73. The van der Waals surface area contributed by atoms with Crippen LogP contribution in [0.3, 0.4) is 0 Å². The van der Waals surface area contributed by atoms with Gasteiger partial charge in [0.2, 0.25) is 0 Å². The van der Waals surface area contributed by atoms with Gasteiger partial charge in [0, 0.05) is 11.5 Å². The quantitative estimate of drug-likeness (QED) is 0.805. The van der Waals surface area contributed by atoms with E-state index in [2.05, 4.69) is 14.9 Å². The number of nitrogens with one attached hydrogen (secondary N) is 1. The number of anilines is 1. The van der Waals surface area contributed by atoms with Gasteiger partial charge in [0.15, 0.2) is 5.76 Å². The molecular weight excluding hydrogens is 216 g/mol. The Morgan fingerprint density at radius 3 is 3.07 bits per heavy atom. The van der Waals surface area contributed by atoms with Gasteiger partial charge in [-0.3, -0.25) is 4.79 Å². The van der Waals surface area contributed by atoms with E-state index in [1.165, 1.54) is 6.20 Å². The summed E-state index contributed by atoms with van der Waals surface area (Å²) in [5, 5.41) is 6.76.